The molecular weight excluding hydrogens is 242 g/mol. The lowest BCUT2D eigenvalue weighted by Gasteiger charge is -2.11. The molecule has 0 aliphatic heterocycles. The number of amides is 1. The molecule has 0 atom stereocenters. The summed E-state index contributed by atoms with van der Waals surface area (Å²) in [4.78, 5) is 26.4. The summed E-state index contributed by atoms with van der Waals surface area (Å²) < 4.78 is 10.1. The van der Waals surface area contributed by atoms with Crippen molar-refractivity contribution in [1.29, 1.82) is 0 Å². The van der Waals surface area contributed by atoms with E-state index in [0.717, 1.165) is 0 Å². The van der Waals surface area contributed by atoms with Crippen molar-refractivity contribution in [2.75, 3.05) is 20.8 Å². The number of carbonyl (C=O) groups is 2. The van der Waals surface area contributed by atoms with Crippen LogP contribution in [0.4, 0.5) is 0 Å². The third-order valence-corrected chi connectivity index (χ3v) is 2.01. The third-order valence-electron chi connectivity index (χ3n) is 2.01. The number of nitrogens with one attached hydrogen (secondary N) is 1. The monoisotopic (exact) mass is 255 g/mol. The largest absolute Gasteiger partial charge is 0.493 e. The predicted molar refractivity (Wildman–Crippen MR) is 60.6 cm³/mol. The molecule has 0 saturated heterocycles. The van der Waals surface area contributed by atoms with Gasteiger partial charge in [-0.25, -0.2) is 10.3 Å². The summed E-state index contributed by atoms with van der Waals surface area (Å²) in [6.07, 6.45) is 0. The van der Waals surface area contributed by atoms with Gasteiger partial charge < -0.3 is 14.6 Å². The molecule has 0 unspecified atom stereocenters. The quantitative estimate of drug-likeness (QED) is 0.717. The first-order valence-electron chi connectivity index (χ1n) is 4.95. The Hall–Kier alpha value is -2.28. The standard InChI is InChI=1S/C11H13NO6/c1-16-8-5-3-4-7(10(8)17-2)11(15)12-18-6-9(13)14/h3-5H,6H2,1-2H3,(H,12,15)(H,13,14). The Balaban J connectivity index is 2.81. The van der Waals surface area contributed by atoms with Gasteiger partial charge in [-0.2, -0.15) is 0 Å². The number of ether oxygens (including phenoxy) is 2. The van der Waals surface area contributed by atoms with Gasteiger partial charge in [0.15, 0.2) is 18.1 Å². The maximum atomic E-state index is 11.7. The van der Waals surface area contributed by atoms with Crippen molar-refractivity contribution >= 4 is 11.9 Å². The topological polar surface area (TPSA) is 94.1 Å². The fraction of sp³-hybridized carbons (Fsp3) is 0.273. The number of carboxylic acid groups (broad SMARTS) is 1. The highest BCUT2D eigenvalue weighted by Crippen LogP contribution is 2.30. The van der Waals surface area contributed by atoms with Crippen LogP contribution in [0, 0.1) is 0 Å². The Labute approximate surface area is 103 Å². The molecule has 0 aliphatic rings. The van der Waals surface area contributed by atoms with E-state index < -0.39 is 18.5 Å². The van der Waals surface area contributed by atoms with Gasteiger partial charge in [0.25, 0.3) is 5.91 Å². The van der Waals surface area contributed by atoms with Gasteiger partial charge in [0, 0.05) is 0 Å². The van der Waals surface area contributed by atoms with Crippen LogP contribution in [-0.2, 0) is 9.63 Å². The van der Waals surface area contributed by atoms with Gasteiger partial charge >= 0.3 is 5.97 Å². The average Bonchev–Trinajstić information content (AvgIpc) is 2.36. The SMILES string of the molecule is COc1cccc(C(=O)NOCC(=O)O)c1OC. The molecule has 0 spiro atoms. The molecule has 98 valence electrons. The number of para-hydroxylation sites is 1. The molecule has 0 aromatic heterocycles. The maximum Gasteiger partial charge on any atom is 0.332 e. The predicted octanol–water partition coefficient (Wildman–Crippen LogP) is 0.450. The van der Waals surface area contributed by atoms with Crippen molar-refractivity contribution < 1.29 is 29.0 Å². The van der Waals surface area contributed by atoms with E-state index >= 15 is 0 Å². The lowest BCUT2D eigenvalue weighted by Crippen LogP contribution is -2.27. The highest BCUT2D eigenvalue weighted by molar-refractivity contribution is 5.97. The first-order chi connectivity index (χ1) is 8.60. The van der Waals surface area contributed by atoms with E-state index in [1.807, 2.05) is 5.48 Å². The maximum absolute atomic E-state index is 11.7. The summed E-state index contributed by atoms with van der Waals surface area (Å²) in [7, 11) is 2.84. The molecule has 0 saturated carbocycles. The Morgan fingerprint density at radius 2 is 2.00 bits per heavy atom. The van der Waals surface area contributed by atoms with Crippen LogP contribution in [0.3, 0.4) is 0 Å². The second-order valence-electron chi connectivity index (χ2n) is 3.15. The number of carboxylic acids is 1. The molecule has 1 aromatic rings. The number of methoxy groups -OCH3 is 2. The number of benzene rings is 1. The lowest BCUT2D eigenvalue weighted by atomic mass is 10.2. The molecule has 2 N–H and O–H groups in total. The Morgan fingerprint density at radius 3 is 2.56 bits per heavy atom. The van der Waals surface area contributed by atoms with E-state index in [4.69, 9.17) is 14.6 Å². The van der Waals surface area contributed by atoms with Crippen molar-refractivity contribution in [3.8, 4) is 11.5 Å². The average molecular weight is 255 g/mol. The summed E-state index contributed by atoms with van der Waals surface area (Å²) >= 11 is 0. The van der Waals surface area contributed by atoms with Crippen LogP contribution in [-0.4, -0.2) is 37.8 Å². The zero-order valence-electron chi connectivity index (χ0n) is 9.93. The Kier molecular flexibility index (Phi) is 4.94. The van der Waals surface area contributed by atoms with E-state index in [-0.39, 0.29) is 11.3 Å². The van der Waals surface area contributed by atoms with Crippen LogP contribution in [0.25, 0.3) is 0 Å². The van der Waals surface area contributed by atoms with Gasteiger partial charge in [0.1, 0.15) is 0 Å². The molecular formula is C11H13NO6. The minimum Gasteiger partial charge on any atom is -0.493 e. The zero-order chi connectivity index (χ0) is 13.5. The van der Waals surface area contributed by atoms with Crippen LogP contribution in [0.15, 0.2) is 18.2 Å². The lowest BCUT2D eigenvalue weighted by molar-refractivity contribution is -0.144. The number of hydroxylamine groups is 1. The molecule has 1 rings (SSSR count). The third kappa shape index (κ3) is 3.36. The van der Waals surface area contributed by atoms with Gasteiger partial charge in [-0.15, -0.1) is 0 Å². The second-order valence-corrected chi connectivity index (χ2v) is 3.15. The van der Waals surface area contributed by atoms with Gasteiger partial charge in [-0.1, -0.05) is 6.07 Å². The Bertz CT molecular complexity index is 445. The highest BCUT2D eigenvalue weighted by atomic mass is 16.7. The summed E-state index contributed by atoms with van der Waals surface area (Å²) in [5, 5.41) is 8.36. The van der Waals surface area contributed by atoms with Crippen LogP contribution in [0.2, 0.25) is 0 Å². The molecule has 0 fully saturated rings. The molecule has 0 aliphatic carbocycles. The number of aliphatic carboxylic acids is 1. The van der Waals surface area contributed by atoms with Crippen molar-refractivity contribution in [2.45, 2.75) is 0 Å². The van der Waals surface area contributed by atoms with Crippen molar-refractivity contribution in [2.24, 2.45) is 0 Å². The minimum atomic E-state index is -1.19. The molecule has 7 heteroatoms. The van der Waals surface area contributed by atoms with Crippen LogP contribution < -0.4 is 15.0 Å². The van der Waals surface area contributed by atoms with Crippen LogP contribution >= 0.6 is 0 Å². The molecule has 0 heterocycles. The van der Waals surface area contributed by atoms with E-state index in [1.54, 1.807) is 12.1 Å². The van der Waals surface area contributed by atoms with Crippen molar-refractivity contribution in [3.63, 3.8) is 0 Å². The van der Waals surface area contributed by atoms with E-state index in [1.165, 1.54) is 20.3 Å². The highest BCUT2D eigenvalue weighted by Gasteiger charge is 2.16. The van der Waals surface area contributed by atoms with Gasteiger partial charge in [-0.05, 0) is 12.1 Å². The van der Waals surface area contributed by atoms with Crippen LogP contribution in [0.5, 0.6) is 11.5 Å². The van der Waals surface area contributed by atoms with Crippen molar-refractivity contribution in [3.05, 3.63) is 23.8 Å². The minimum absolute atomic E-state index is 0.183. The molecule has 18 heavy (non-hydrogen) atoms. The van der Waals surface area contributed by atoms with E-state index in [0.29, 0.717) is 5.75 Å². The Morgan fingerprint density at radius 1 is 1.28 bits per heavy atom. The van der Waals surface area contributed by atoms with Gasteiger partial charge in [0.2, 0.25) is 0 Å². The smallest absolute Gasteiger partial charge is 0.332 e. The number of hydrogen-bond donors (Lipinski definition) is 2. The fourth-order valence-electron chi connectivity index (χ4n) is 1.28. The summed E-state index contributed by atoms with van der Waals surface area (Å²) in [5.41, 5.74) is 2.18. The summed E-state index contributed by atoms with van der Waals surface area (Å²) in [6.45, 7) is -0.627. The normalized spacial score (nSPS) is 9.67. The first kappa shape index (κ1) is 13.8. The van der Waals surface area contributed by atoms with Crippen molar-refractivity contribution in [1.82, 2.24) is 5.48 Å². The van der Waals surface area contributed by atoms with Crippen LogP contribution in [0.1, 0.15) is 10.4 Å². The number of hydrogen-bond acceptors (Lipinski definition) is 5. The second kappa shape index (κ2) is 6.45. The summed E-state index contributed by atoms with van der Waals surface area (Å²) in [5.74, 6) is -1.17. The molecule has 0 bridgehead atoms. The fourth-order valence-corrected chi connectivity index (χ4v) is 1.28. The van der Waals surface area contributed by atoms with Gasteiger partial charge in [-0.3, -0.25) is 9.63 Å². The first-order valence-corrected chi connectivity index (χ1v) is 4.95. The van der Waals surface area contributed by atoms with Gasteiger partial charge in [0.05, 0.1) is 19.8 Å². The molecule has 0 radical (unpaired) electrons. The number of rotatable bonds is 6. The van der Waals surface area contributed by atoms with E-state index in [2.05, 4.69) is 4.84 Å². The zero-order valence-corrected chi connectivity index (χ0v) is 9.93. The molecule has 7 nitrogen and oxygen atoms in total. The molecule has 1 aromatic carbocycles. The summed E-state index contributed by atoms with van der Waals surface area (Å²) in [6, 6.07) is 4.74. The van der Waals surface area contributed by atoms with E-state index in [9.17, 15) is 9.59 Å². The molecule has 1 amide bonds. The number of carbonyl (C=O) groups excluding carboxylic acids is 1.